The van der Waals surface area contributed by atoms with Crippen molar-refractivity contribution < 1.29 is 9.53 Å². The van der Waals surface area contributed by atoms with Gasteiger partial charge in [-0.15, -0.1) is 0 Å². The highest BCUT2D eigenvalue weighted by atomic mass is 16.5. The lowest BCUT2D eigenvalue weighted by Gasteiger charge is -2.14. The van der Waals surface area contributed by atoms with Crippen LogP contribution in [0.25, 0.3) is 0 Å². The number of hydrazone groups is 1. The highest BCUT2D eigenvalue weighted by Crippen LogP contribution is 2.18. The van der Waals surface area contributed by atoms with E-state index in [9.17, 15) is 4.79 Å². The SMILES string of the molecule is CC[C@@H](C)Oc1ccccc1/C=N\NC(=O)Cc1ccccc1. The Kier molecular flexibility index (Phi) is 6.36. The van der Waals surface area contributed by atoms with Crippen molar-refractivity contribution in [3.05, 3.63) is 65.7 Å². The lowest BCUT2D eigenvalue weighted by atomic mass is 10.1. The molecule has 2 aromatic carbocycles. The zero-order valence-corrected chi connectivity index (χ0v) is 13.5. The third-order valence-corrected chi connectivity index (χ3v) is 3.42. The topological polar surface area (TPSA) is 50.7 Å². The van der Waals surface area contributed by atoms with Gasteiger partial charge in [0.05, 0.1) is 18.7 Å². The molecule has 1 amide bonds. The van der Waals surface area contributed by atoms with Crippen molar-refractivity contribution in [3.63, 3.8) is 0 Å². The van der Waals surface area contributed by atoms with Crippen LogP contribution in [0.15, 0.2) is 59.7 Å². The number of ether oxygens (including phenoxy) is 1. The highest BCUT2D eigenvalue weighted by Gasteiger charge is 2.05. The van der Waals surface area contributed by atoms with Crippen molar-refractivity contribution in [2.75, 3.05) is 0 Å². The molecule has 0 radical (unpaired) electrons. The van der Waals surface area contributed by atoms with Gasteiger partial charge in [-0.25, -0.2) is 5.43 Å². The van der Waals surface area contributed by atoms with Crippen molar-refractivity contribution in [1.29, 1.82) is 0 Å². The zero-order valence-electron chi connectivity index (χ0n) is 13.5. The number of carbonyl (C=O) groups is 1. The molecule has 0 heterocycles. The van der Waals surface area contributed by atoms with Gasteiger partial charge in [-0.2, -0.15) is 5.10 Å². The van der Waals surface area contributed by atoms with Crippen LogP contribution in [0.5, 0.6) is 5.75 Å². The Balaban J connectivity index is 1.94. The Hall–Kier alpha value is -2.62. The van der Waals surface area contributed by atoms with Crippen LogP contribution in [0.2, 0.25) is 0 Å². The second kappa shape index (κ2) is 8.73. The molecule has 0 aliphatic heterocycles. The van der Waals surface area contributed by atoms with Gasteiger partial charge >= 0.3 is 0 Å². The van der Waals surface area contributed by atoms with Gasteiger partial charge in [0.25, 0.3) is 0 Å². The van der Waals surface area contributed by atoms with Gasteiger partial charge in [-0.1, -0.05) is 49.4 Å². The smallest absolute Gasteiger partial charge is 0.244 e. The summed E-state index contributed by atoms with van der Waals surface area (Å²) in [5.41, 5.74) is 4.35. The van der Waals surface area contributed by atoms with Crippen LogP contribution in [-0.2, 0) is 11.2 Å². The Labute approximate surface area is 137 Å². The van der Waals surface area contributed by atoms with E-state index in [0.717, 1.165) is 23.3 Å². The maximum atomic E-state index is 11.9. The number of nitrogens with one attached hydrogen (secondary N) is 1. The minimum atomic E-state index is -0.146. The summed E-state index contributed by atoms with van der Waals surface area (Å²) in [6, 6.07) is 17.2. The molecule has 0 bridgehead atoms. The number of nitrogens with zero attached hydrogens (tertiary/aromatic N) is 1. The fourth-order valence-corrected chi connectivity index (χ4v) is 1.99. The summed E-state index contributed by atoms with van der Waals surface area (Å²) < 4.78 is 5.84. The first-order valence-corrected chi connectivity index (χ1v) is 7.80. The van der Waals surface area contributed by atoms with E-state index in [1.807, 2.05) is 61.5 Å². The molecule has 0 saturated heterocycles. The predicted octanol–water partition coefficient (Wildman–Crippen LogP) is 3.56. The van der Waals surface area contributed by atoms with Crippen molar-refractivity contribution in [2.45, 2.75) is 32.8 Å². The monoisotopic (exact) mass is 310 g/mol. The molecule has 0 aliphatic carbocycles. The standard InChI is InChI=1S/C19H22N2O2/c1-3-15(2)23-18-12-8-7-11-17(18)14-20-21-19(22)13-16-9-5-4-6-10-16/h4-12,14-15H,3,13H2,1-2H3,(H,21,22)/b20-14-/t15-/m1/s1. The first-order chi connectivity index (χ1) is 11.2. The fraction of sp³-hybridized carbons (Fsp3) is 0.263. The summed E-state index contributed by atoms with van der Waals surface area (Å²) in [4.78, 5) is 11.9. The van der Waals surface area contributed by atoms with Crippen molar-refractivity contribution in [2.24, 2.45) is 5.10 Å². The maximum Gasteiger partial charge on any atom is 0.244 e. The van der Waals surface area contributed by atoms with E-state index in [2.05, 4.69) is 17.5 Å². The first-order valence-electron chi connectivity index (χ1n) is 7.80. The molecule has 23 heavy (non-hydrogen) atoms. The van der Waals surface area contributed by atoms with Crippen LogP contribution in [0.1, 0.15) is 31.4 Å². The summed E-state index contributed by atoms with van der Waals surface area (Å²) in [6.07, 6.45) is 2.99. The van der Waals surface area contributed by atoms with Crippen LogP contribution < -0.4 is 10.2 Å². The maximum absolute atomic E-state index is 11.9. The van der Waals surface area contributed by atoms with E-state index >= 15 is 0 Å². The number of benzene rings is 2. The van der Waals surface area contributed by atoms with Crippen molar-refractivity contribution >= 4 is 12.1 Å². The van der Waals surface area contributed by atoms with Crippen LogP contribution in [0.4, 0.5) is 0 Å². The Bertz CT molecular complexity index is 653. The lowest BCUT2D eigenvalue weighted by molar-refractivity contribution is -0.120. The van der Waals surface area contributed by atoms with E-state index in [-0.39, 0.29) is 12.0 Å². The summed E-state index contributed by atoms with van der Waals surface area (Å²) in [6.45, 7) is 4.10. The van der Waals surface area contributed by atoms with Crippen molar-refractivity contribution in [1.82, 2.24) is 5.43 Å². The largest absolute Gasteiger partial charge is 0.490 e. The molecule has 1 N–H and O–H groups in total. The fourth-order valence-electron chi connectivity index (χ4n) is 1.99. The third kappa shape index (κ3) is 5.58. The molecule has 120 valence electrons. The number of rotatable bonds is 7. The summed E-state index contributed by atoms with van der Waals surface area (Å²) in [5.74, 6) is 0.621. The van der Waals surface area contributed by atoms with Crippen molar-refractivity contribution in [3.8, 4) is 5.75 Å². The average Bonchev–Trinajstić information content (AvgIpc) is 2.57. The molecule has 2 rings (SSSR count). The zero-order chi connectivity index (χ0) is 16.5. The predicted molar refractivity (Wildman–Crippen MR) is 92.7 cm³/mol. The van der Waals surface area contributed by atoms with E-state index in [4.69, 9.17) is 4.74 Å². The molecule has 2 aromatic rings. The molecule has 0 fully saturated rings. The number of carbonyl (C=O) groups excluding carboxylic acids is 1. The Morgan fingerprint density at radius 2 is 1.87 bits per heavy atom. The van der Waals surface area contributed by atoms with Gasteiger partial charge < -0.3 is 4.74 Å². The quantitative estimate of drug-likeness (QED) is 0.628. The molecule has 0 spiro atoms. The molecular formula is C19H22N2O2. The molecule has 0 unspecified atom stereocenters. The normalized spacial score (nSPS) is 12.1. The van der Waals surface area contributed by atoms with Gasteiger partial charge in [-0.05, 0) is 31.0 Å². The van der Waals surface area contributed by atoms with Crippen LogP contribution in [0.3, 0.4) is 0 Å². The van der Waals surface area contributed by atoms with Crippen LogP contribution >= 0.6 is 0 Å². The lowest BCUT2D eigenvalue weighted by Crippen LogP contribution is -2.19. The molecule has 0 aromatic heterocycles. The molecule has 0 saturated carbocycles. The van der Waals surface area contributed by atoms with Gasteiger partial charge in [0.1, 0.15) is 5.75 Å². The minimum Gasteiger partial charge on any atom is -0.490 e. The molecule has 0 aliphatic rings. The van der Waals surface area contributed by atoms with Crippen LogP contribution in [-0.4, -0.2) is 18.2 Å². The number of amides is 1. The van der Waals surface area contributed by atoms with E-state index < -0.39 is 0 Å². The van der Waals surface area contributed by atoms with Gasteiger partial charge in [0, 0.05) is 5.56 Å². The second-order valence-electron chi connectivity index (χ2n) is 5.33. The minimum absolute atomic E-state index is 0.136. The van der Waals surface area contributed by atoms with Gasteiger partial charge in [0.2, 0.25) is 5.91 Å². The Morgan fingerprint density at radius 1 is 1.17 bits per heavy atom. The molecule has 1 atom stereocenters. The molecule has 4 nitrogen and oxygen atoms in total. The second-order valence-corrected chi connectivity index (χ2v) is 5.33. The van der Waals surface area contributed by atoms with Gasteiger partial charge in [-0.3, -0.25) is 4.79 Å². The van der Waals surface area contributed by atoms with Crippen LogP contribution in [0, 0.1) is 0 Å². The number of para-hydroxylation sites is 1. The summed E-state index contributed by atoms with van der Waals surface area (Å²) >= 11 is 0. The molecule has 4 heteroatoms. The molecular weight excluding hydrogens is 288 g/mol. The van der Waals surface area contributed by atoms with E-state index in [0.29, 0.717) is 6.42 Å². The number of hydrogen-bond acceptors (Lipinski definition) is 3. The van der Waals surface area contributed by atoms with E-state index in [1.165, 1.54) is 0 Å². The van der Waals surface area contributed by atoms with E-state index in [1.54, 1.807) is 6.21 Å². The summed E-state index contributed by atoms with van der Waals surface area (Å²) in [7, 11) is 0. The third-order valence-electron chi connectivity index (χ3n) is 3.42. The van der Waals surface area contributed by atoms with Gasteiger partial charge in [0.15, 0.2) is 0 Å². The Morgan fingerprint density at radius 3 is 2.61 bits per heavy atom. The highest BCUT2D eigenvalue weighted by molar-refractivity contribution is 5.85. The average molecular weight is 310 g/mol. The summed E-state index contributed by atoms with van der Waals surface area (Å²) in [5, 5.41) is 4.03. The number of hydrogen-bond donors (Lipinski definition) is 1. The first kappa shape index (κ1) is 16.7.